The lowest BCUT2D eigenvalue weighted by Gasteiger charge is -2.09. The van der Waals surface area contributed by atoms with E-state index in [9.17, 15) is 13.2 Å². The van der Waals surface area contributed by atoms with E-state index < -0.39 is 11.9 Å². The highest BCUT2D eigenvalue weighted by Gasteiger charge is 2.32. The second-order valence-electron chi connectivity index (χ2n) is 5.58. The third kappa shape index (κ3) is 3.01. The summed E-state index contributed by atoms with van der Waals surface area (Å²) in [6.45, 7) is 0. The van der Waals surface area contributed by atoms with E-state index in [4.69, 9.17) is 11.6 Å². The monoisotopic (exact) mass is 374 g/mol. The van der Waals surface area contributed by atoms with Crippen molar-refractivity contribution in [3.8, 4) is 16.9 Å². The second kappa shape index (κ2) is 6.10. The number of pyridine rings is 2. The smallest absolute Gasteiger partial charge is 0.243 e. The number of alkyl halides is 3. The molecule has 0 atom stereocenters. The van der Waals surface area contributed by atoms with Crippen LogP contribution >= 0.6 is 11.6 Å². The average Bonchev–Trinajstić information content (AvgIpc) is 3.10. The molecule has 4 nitrogen and oxygen atoms in total. The van der Waals surface area contributed by atoms with E-state index in [1.54, 1.807) is 24.5 Å². The molecule has 1 aromatic carbocycles. The molecular formula is C18H10ClF3N4. The molecule has 0 saturated carbocycles. The maximum atomic E-state index is 12.9. The first-order valence-electron chi connectivity index (χ1n) is 7.56. The summed E-state index contributed by atoms with van der Waals surface area (Å²) in [5.41, 5.74) is 1.01. The highest BCUT2D eigenvalue weighted by atomic mass is 35.5. The molecular weight excluding hydrogens is 365 g/mol. The van der Waals surface area contributed by atoms with E-state index in [1.165, 1.54) is 23.0 Å². The predicted octanol–water partition coefficient (Wildman–Crippen LogP) is 5.15. The molecule has 130 valence electrons. The van der Waals surface area contributed by atoms with Crippen molar-refractivity contribution in [1.82, 2.24) is 19.7 Å². The molecule has 0 spiro atoms. The van der Waals surface area contributed by atoms with Crippen LogP contribution in [0.25, 0.3) is 27.8 Å². The van der Waals surface area contributed by atoms with Gasteiger partial charge in [0.05, 0.1) is 11.7 Å². The maximum Gasteiger partial charge on any atom is 0.433 e. The first-order chi connectivity index (χ1) is 12.4. The van der Waals surface area contributed by atoms with Crippen molar-refractivity contribution in [3.63, 3.8) is 0 Å². The van der Waals surface area contributed by atoms with E-state index in [-0.39, 0.29) is 5.52 Å². The molecule has 0 amide bonds. The summed E-state index contributed by atoms with van der Waals surface area (Å²) < 4.78 is 40.1. The third-order valence-corrected chi connectivity index (χ3v) is 4.11. The highest BCUT2D eigenvalue weighted by molar-refractivity contribution is 6.30. The number of hydrogen-bond acceptors (Lipinski definition) is 3. The van der Waals surface area contributed by atoms with Crippen molar-refractivity contribution < 1.29 is 13.2 Å². The normalized spacial score (nSPS) is 11.8. The van der Waals surface area contributed by atoms with E-state index in [1.807, 2.05) is 12.1 Å². The number of hydrogen-bond donors (Lipinski definition) is 0. The molecule has 0 fully saturated rings. The van der Waals surface area contributed by atoms with Gasteiger partial charge in [0, 0.05) is 28.4 Å². The van der Waals surface area contributed by atoms with E-state index >= 15 is 0 Å². The van der Waals surface area contributed by atoms with Crippen molar-refractivity contribution in [1.29, 1.82) is 0 Å². The van der Waals surface area contributed by atoms with Crippen LogP contribution in [0.1, 0.15) is 5.69 Å². The second-order valence-corrected chi connectivity index (χ2v) is 6.01. The van der Waals surface area contributed by atoms with Crippen LogP contribution in [0, 0.1) is 0 Å². The molecule has 3 aromatic heterocycles. The maximum absolute atomic E-state index is 12.9. The van der Waals surface area contributed by atoms with Crippen molar-refractivity contribution in [2.24, 2.45) is 0 Å². The van der Waals surface area contributed by atoms with Crippen LogP contribution in [0.2, 0.25) is 5.02 Å². The van der Waals surface area contributed by atoms with Crippen LogP contribution in [0.3, 0.4) is 0 Å². The van der Waals surface area contributed by atoms with Crippen molar-refractivity contribution in [3.05, 3.63) is 71.8 Å². The Kier molecular flexibility index (Phi) is 3.88. The molecule has 0 unspecified atom stereocenters. The van der Waals surface area contributed by atoms with Gasteiger partial charge in [-0.3, -0.25) is 0 Å². The molecule has 0 N–H and O–H groups in total. The molecule has 3 heterocycles. The summed E-state index contributed by atoms with van der Waals surface area (Å²) in [6, 6.07) is 11.0. The van der Waals surface area contributed by atoms with Gasteiger partial charge in [-0.1, -0.05) is 23.7 Å². The first kappa shape index (κ1) is 16.5. The molecule has 0 radical (unpaired) electrons. The number of aromatic nitrogens is 4. The van der Waals surface area contributed by atoms with E-state index in [2.05, 4.69) is 15.1 Å². The number of nitrogens with zero attached hydrogens (tertiary/aromatic N) is 4. The predicted molar refractivity (Wildman–Crippen MR) is 92.1 cm³/mol. The summed E-state index contributed by atoms with van der Waals surface area (Å²) in [5, 5.41) is 5.38. The van der Waals surface area contributed by atoms with Crippen LogP contribution in [-0.2, 0) is 6.18 Å². The molecule has 4 aromatic rings. The van der Waals surface area contributed by atoms with Gasteiger partial charge >= 0.3 is 6.18 Å². The van der Waals surface area contributed by atoms with Gasteiger partial charge in [-0.25, -0.2) is 14.6 Å². The fourth-order valence-corrected chi connectivity index (χ4v) is 2.74. The SMILES string of the molecule is FC(F)(F)c1ccc2c(-n3cc(-c4ccc(Cl)cc4)cn3)nccc2n1. The lowest BCUT2D eigenvalue weighted by Crippen LogP contribution is -2.08. The topological polar surface area (TPSA) is 43.6 Å². The first-order valence-corrected chi connectivity index (χ1v) is 7.93. The molecule has 0 saturated heterocycles. The quantitative estimate of drug-likeness (QED) is 0.487. The molecule has 0 bridgehead atoms. The van der Waals surface area contributed by atoms with Gasteiger partial charge in [-0.15, -0.1) is 0 Å². The minimum absolute atomic E-state index is 0.202. The minimum atomic E-state index is -4.49. The summed E-state index contributed by atoms with van der Waals surface area (Å²) >= 11 is 5.89. The highest BCUT2D eigenvalue weighted by Crippen LogP contribution is 2.30. The fraction of sp³-hybridized carbons (Fsp3) is 0.0556. The van der Waals surface area contributed by atoms with Gasteiger partial charge in [0.15, 0.2) is 5.82 Å². The Labute approximate surface area is 150 Å². The number of rotatable bonds is 2. The summed E-state index contributed by atoms with van der Waals surface area (Å²) in [5.74, 6) is 0.406. The minimum Gasteiger partial charge on any atom is -0.243 e. The van der Waals surface area contributed by atoms with Crippen LogP contribution in [0.15, 0.2) is 61.1 Å². The molecule has 26 heavy (non-hydrogen) atoms. The van der Waals surface area contributed by atoms with Gasteiger partial charge in [0.25, 0.3) is 0 Å². The lowest BCUT2D eigenvalue weighted by molar-refractivity contribution is -0.140. The standard InChI is InChI=1S/C18H10ClF3N4/c19-13-3-1-11(2-4-13)12-9-24-26(10-12)17-14-5-6-16(18(20,21)22)25-15(14)7-8-23-17/h1-10H. The Balaban J connectivity index is 1.79. The summed E-state index contributed by atoms with van der Waals surface area (Å²) in [4.78, 5) is 7.93. The van der Waals surface area contributed by atoms with Crippen molar-refractivity contribution >= 4 is 22.5 Å². The van der Waals surface area contributed by atoms with Crippen LogP contribution in [-0.4, -0.2) is 19.7 Å². The van der Waals surface area contributed by atoms with Gasteiger partial charge in [-0.05, 0) is 35.9 Å². The molecule has 4 rings (SSSR count). The third-order valence-electron chi connectivity index (χ3n) is 3.86. The number of halogens is 4. The molecule has 0 aliphatic carbocycles. The Morgan fingerprint density at radius 3 is 2.42 bits per heavy atom. The Morgan fingerprint density at radius 1 is 0.923 bits per heavy atom. The van der Waals surface area contributed by atoms with Crippen molar-refractivity contribution in [2.45, 2.75) is 6.18 Å². The number of fused-ring (bicyclic) bond motifs is 1. The van der Waals surface area contributed by atoms with Crippen LogP contribution < -0.4 is 0 Å². The van der Waals surface area contributed by atoms with Gasteiger partial charge in [-0.2, -0.15) is 18.3 Å². The van der Waals surface area contributed by atoms with Crippen molar-refractivity contribution in [2.75, 3.05) is 0 Å². The summed E-state index contributed by atoms with van der Waals surface area (Å²) in [7, 11) is 0. The zero-order valence-electron chi connectivity index (χ0n) is 13.1. The van der Waals surface area contributed by atoms with E-state index in [0.717, 1.165) is 17.2 Å². The lowest BCUT2D eigenvalue weighted by atomic mass is 10.1. The van der Waals surface area contributed by atoms with Gasteiger partial charge in [0.1, 0.15) is 5.69 Å². The summed E-state index contributed by atoms with van der Waals surface area (Å²) in [6.07, 6.45) is 0.323. The Bertz CT molecular complexity index is 1090. The van der Waals surface area contributed by atoms with Gasteiger partial charge < -0.3 is 0 Å². The molecule has 0 aliphatic heterocycles. The molecule has 8 heteroatoms. The van der Waals surface area contributed by atoms with Crippen LogP contribution in [0.5, 0.6) is 0 Å². The average molecular weight is 375 g/mol. The fourth-order valence-electron chi connectivity index (χ4n) is 2.61. The van der Waals surface area contributed by atoms with E-state index in [0.29, 0.717) is 16.2 Å². The zero-order chi connectivity index (χ0) is 18.3. The zero-order valence-corrected chi connectivity index (χ0v) is 13.8. The van der Waals surface area contributed by atoms with Crippen LogP contribution in [0.4, 0.5) is 13.2 Å². The Morgan fingerprint density at radius 2 is 1.69 bits per heavy atom. The molecule has 0 aliphatic rings. The van der Waals surface area contributed by atoms with Gasteiger partial charge in [0.2, 0.25) is 0 Å². The number of benzene rings is 1. The Hall–Kier alpha value is -2.93. The largest absolute Gasteiger partial charge is 0.433 e.